The number of nitrogens with one attached hydrogen (secondary N) is 1. The molecular weight excluding hydrogens is 242 g/mol. The minimum absolute atomic E-state index is 0.430. The second-order valence-corrected chi connectivity index (χ2v) is 16.5. The molecule has 2 nitrogen and oxygen atoms in total. The fourth-order valence-electron chi connectivity index (χ4n) is 1.64. The largest absolute Gasteiger partial charge is 0.418 e. The Kier molecular flexibility index (Phi) is 6.64. The molecule has 4 heteroatoms. The van der Waals surface area contributed by atoms with E-state index in [4.69, 9.17) is 4.43 Å². The molecule has 0 aliphatic carbocycles. The average Bonchev–Trinajstić information content (AvgIpc) is 2.10. The fraction of sp³-hybridized carbons (Fsp3) is 1.00. The molecular formula is C13H33NOSi2. The molecule has 0 aliphatic rings. The van der Waals surface area contributed by atoms with Gasteiger partial charge in [-0.3, -0.25) is 0 Å². The van der Waals surface area contributed by atoms with Gasteiger partial charge in [-0.05, 0) is 44.1 Å². The molecule has 104 valence electrons. The molecule has 0 saturated heterocycles. The molecule has 0 amide bonds. The third kappa shape index (κ3) is 6.74. The highest BCUT2D eigenvalue weighted by atomic mass is 28.4. The van der Waals surface area contributed by atoms with Crippen LogP contribution in [0.15, 0.2) is 0 Å². The highest BCUT2D eigenvalue weighted by Crippen LogP contribution is 2.33. The van der Waals surface area contributed by atoms with Gasteiger partial charge in [0.1, 0.15) is 8.24 Å². The maximum atomic E-state index is 5.85. The monoisotopic (exact) mass is 275 g/mol. The Morgan fingerprint density at radius 3 is 2.00 bits per heavy atom. The molecule has 0 aromatic carbocycles. The Morgan fingerprint density at radius 1 is 1.06 bits per heavy atom. The second kappa shape index (κ2) is 6.50. The van der Waals surface area contributed by atoms with Gasteiger partial charge in [-0.25, -0.2) is 0 Å². The minimum atomic E-state index is -1.37. The van der Waals surface area contributed by atoms with Gasteiger partial charge in [0.2, 0.25) is 0 Å². The third-order valence-electron chi connectivity index (χ3n) is 3.93. The van der Waals surface area contributed by atoms with Crippen LogP contribution in [-0.2, 0) is 4.43 Å². The van der Waals surface area contributed by atoms with E-state index >= 15 is 0 Å². The van der Waals surface area contributed by atoms with Crippen molar-refractivity contribution < 1.29 is 4.43 Å². The van der Waals surface area contributed by atoms with Crippen LogP contribution in [0.1, 0.15) is 34.1 Å². The lowest BCUT2D eigenvalue weighted by molar-refractivity contribution is 0.328. The maximum absolute atomic E-state index is 5.85. The standard InChI is InChI=1S/C13H33NOSi2/c1-9-15-16(5,6)12-10-11-14-17(7,8)13(2,3)4/h14H,9-12H2,1-8H3. The van der Waals surface area contributed by atoms with Crippen LogP contribution in [0.4, 0.5) is 0 Å². The summed E-state index contributed by atoms with van der Waals surface area (Å²) >= 11 is 0. The molecule has 0 aromatic rings. The lowest BCUT2D eigenvalue weighted by Crippen LogP contribution is -2.52. The normalized spacial score (nSPS) is 14.1. The summed E-state index contributed by atoms with van der Waals surface area (Å²) in [6.07, 6.45) is 1.26. The molecule has 0 fully saturated rings. The highest BCUT2D eigenvalue weighted by molar-refractivity contribution is 6.77. The van der Waals surface area contributed by atoms with Crippen LogP contribution in [0.25, 0.3) is 0 Å². The zero-order chi connectivity index (χ0) is 13.7. The van der Waals surface area contributed by atoms with Crippen molar-refractivity contribution >= 4 is 16.6 Å². The van der Waals surface area contributed by atoms with E-state index in [1.165, 1.54) is 12.5 Å². The van der Waals surface area contributed by atoms with Gasteiger partial charge < -0.3 is 9.41 Å². The van der Waals surface area contributed by atoms with E-state index in [9.17, 15) is 0 Å². The van der Waals surface area contributed by atoms with Crippen molar-refractivity contribution in [2.45, 2.75) is 71.4 Å². The Morgan fingerprint density at radius 2 is 1.59 bits per heavy atom. The van der Waals surface area contributed by atoms with Crippen molar-refractivity contribution in [1.82, 2.24) is 4.98 Å². The van der Waals surface area contributed by atoms with Gasteiger partial charge in [0.25, 0.3) is 0 Å². The van der Waals surface area contributed by atoms with Crippen molar-refractivity contribution in [3.8, 4) is 0 Å². The molecule has 0 rings (SSSR count). The molecule has 1 N–H and O–H groups in total. The van der Waals surface area contributed by atoms with Crippen LogP contribution in [0.2, 0.25) is 37.3 Å². The molecule has 0 spiro atoms. The van der Waals surface area contributed by atoms with E-state index in [0.717, 1.165) is 13.2 Å². The smallest absolute Gasteiger partial charge is 0.186 e. The van der Waals surface area contributed by atoms with E-state index in [1.807, 2.05) is 0 Å². The second-order valence-electron chi connectivity index (χ2n) is 7.10. The predicted molar refractivity (Wildman–Crippen MR) is 83.7 cm³/mol. The summed E-state index contributed by atoms with van der Waals surface area (Å²) < 4.78 is 5.85. The van der Waals surface area contributed by atoms with Gasteiger partial charge >= 0.3 is 0 Å². The van der Waals surface area contributed by atoms with Crippen molar-refractivity contribution in [2.24, 2.45) is 0 Å². The molecule has 0 atom stereocenters. The molecule has 0 unspecified atom stereocenters. The number of rotatable bonds is 7. The maximum Gasteiger partial charge on any atom is 0.186 e. The van der Waals surface area contributed by atoms with Crippen LogP contribution < -0.4 is 4.98 Å². The first-order valence-electron chi connectivity index (χ1n) is 6.91. The third-order valence-corrected chi connectivity index (χ3v) is 11.4. The first-order valence-corrected chi connectivity index (χ1v) is 13.0. The van der Waals surface area contributed by atoms with Crippen molar-refractivity contribution in [2.75, 3.05) is 13.2 Å². The summed E-state index contributed by atoms with van der Waals surface area (Å²) in [6.45, 7) is 20.7. The predicted octanol–water partition coefficient (Wildman–Crippen LogP) is 4.21. The van der Waals surface area contributed by atoms with Crippen molar-refractivity contribution in [3.63, 3.8) is 0 Å². The van der Waals surface area contributed by atoms with E-state index < -0.39 is 16.6 Å². The number of hydrogen-bond donors (Lipinski definition) is 1. The Bertz CT molecular complexity index is 222. The molecule has 0 aliphatic heterocycles. The van der Waals surface area contributed by atoms with Crippen LogP contribution in [0.5, 0.6) is 0 Å². The summed E-state index contributed by atoms with van der Waals surface area (Å²) in [7, 11) is -2.67. The highest BCUT2D eigenvalue weighted by Gasteiger charge is 2.34. The van der Waals surface area contributed by atoms with Crippen LogP contribution in [0.3, 0.4) is 0 Å². The Hall–Kier alpha value is 0.354. The molecule has 0 heterocycles. The quantitative estimate of drug-likeness (QED) is 0.555. The lowest BCUT2D eigenvalue weighted by atomic mass is 10.2. The van der Waals surface area contributed by atoms with E-state index in [1.54, 1.807) is 0 Å². The van der Waals surface area contributed by atoms with Crippen LogP contribution in [0, 0.1) is 0 Å². The first kappa shape index (κ1) is 17.4. The van der Waals surface area contributed by atoms with E-state index in [0.29, 0.717) is 5.04 Å². The fourth-order valence-corrected chi connectivity index (χ4v) is 4.93. The molecule has 0 aromatic heterocycles. The summed E-state index contributed by atoms with van der Waals surface area (Å²) in [4.78, 5) is 3.82. The molecule has 17 heavy (non-hydrogen) atoms. The molecule has 0 bridgehead atoms. The molecule has 0 saturated carbocycles. The summed E-state index contributed by atoms with van der Waals surface area (Å²) in [6, 6.07) is 1.27. The average molecular weight is 276 g/mol. The van der Waals surface area contributed by atoms with Crippen molar-refractivity contribution in [1.29, 1.82) is 0 Å². The van der Waals surface area contributed by atoms with Gasteiger partial charge in [0.15, 0.2) is 8.32 Å². The molecule has 0 radical (unpaired) electrons. The van der Waals surface area contributed by atoms with Crippen LogP contribution >= 0.6 is 0 Å². The van der Waals surface area contributed by atoms with Crippen LogP contribution in [-0.4, -0.2) is 29.7 Å². The Labute approximate surface area is 111 Å². The SMILES string of the molecule is CCO[Si](C)(C)CCCN[Si](C)(C)C(C)(C)C. The zero-order valence-corrected chi connectivity index (χ0v) is 15.2. The Balaban J connectivity index is 3.94. The van der Waals surface area contributed by atoms with E-state index in [-0.39, 0.29) is 0 Å². The zero-order valence-electron chi connectivity index (χ0n) is 13.2. The summed E-state index contributed by atoms with van der Waals surface area (Å²) in [5.41, 5.74) is 0. The van der Waals surface area contributed by atoms with Gasteiger partial charge in [-0.15, -0.1) is 0 Å². The topological polar surface area (TPSA) is 21.3 Å². The van der Waals surface area contributed by atoms with E-state index in [2.05, 4.69) is 58.9 Å². The van der Waals surface area contributed by atoms with Gasteiger partial charge in [0, 0.05) is 6.61 Å². The number of hydrogen-bond acceptors (Lipinski definition) is 2. The van der Waals surface area contributed by atoms with Crippen molar-refractivity contribution in [3.05, 3.63) is 0 Å². The minimum Gasteiger partial charge on any atom is -0.418 e. The first-order chi connectivity index (χ1) is 7.52. The van der Waals surface area contributed by atoms with Gasteiger partial charge in [-0.2, -0.15) is 0 Å². The van der Waals surface area contributed by atoms with Gasteiger partial charge in [0.05, 0.1) is 0 Å². The summed E-state index contributed by atoms with van der Waals surface area (Å²) in [5.74, 6) is 0. The summed E-state index contributed by atoms with van der Waals surface area (Å²) in [5, 5.41) is 0.430. The lowest BCUT2D eigenvalue weighted by Gasteiger charge is -2.37. The van der Waals surface area contributed by atoms with Gasteiger partial charge in [-0.1, -0.05) is 33.9 Å².